The van der Waals surface area contributed by atoms with Crippen LogP contribution in [0.25, 0.3) is 0 Å². The van der Waals surface area contributed by atoms with E-state index in [1.54, 1.807) is 138 Å². The number of rotatable bonds is 14. The van der Waals surface area contributed by atoms with Crippen molar-refractivity contribution < 1.29 is 81.3 Å². The largest absolute Gasteiger partial charge is 0.509 e. The smallest absolute Gasteiger partial charge is 0.458 e. The van der Waals surface area contributed by atoms with Gasteiger partial charge in [-0.25, -0.2) is 19.2 Å². The quantitative estimate of drug-likeness (QED) is 0.0680. The monoisotopic (exact) mass is 1070 g/mol. The van der Waals surface area contributed by atoms with Crippen LogP contribution in [0.5, 0.6) is 0 Å². The van der Waals surface area contributed by atoms with Crippen LogP contribution < -0.4 is 5.32 Å². The molecular formula is C57H63NO17S. The van der Waals surface area contributed by atoms with Gasteiger partial charge in [-0.15, -0.1) is 11.3 Å². The molecule has 1 unspecified atom stereocenters. The fourth-order valence-corrected chi connectivity index (χ4v) is 12.0. The van der Waals surface area contributed by atoms with Crippen LogP contribution in [0, 0.1) is 16.7 Å². The average Bonchev–Trinajstić information content (AvgIpc) is 4.04. The third kappa shape index (κ3) is 11.1. The molecule has 0 radical (unpaired) electrons. The van der Waals surface area contributed by atoms with Crippen LogP contribution in [0.2, 0.25) is 0 Å². The van der Waals surface area contributed by atoms with Crippen molar-refractivity contribution >= 4 is 53.4 Å². The molecule has 8 rings (SSSR count). The first-order valence-corrected chi connectivity index (χ1v) is 25.9. The maximum absolute atomic E-state index is 16.5. The predicted molar refractivity (Wildman–Crippen MR) is 271 cm³/mol. The zero-order valence-corrected chi connectivity index (χ0v) is 44.4. The summed E-state index contributed by atoms with van der Waals surface area (Å²) in [5, 5.41) is 18.7. The number of hydrogen-bond donors (Lipinski definition) is 2. The number of alkyl carbamates (subject to hydrolysis) is 1. The Bertz CT molecular complexity index is 2830. The topological polar surface area (TPSA) is 235 Å². The van der Waals surface area contributed by atoms with Crippen molar-refractivity contribution in [3.05, 3.63) is 141 Å². The SMILES string of the molecule is CC(=O)O[C@@]12CO[C@@H]1C[C@H](OC(=O)OCc1ccccc1)[C@@]1(C)C(=O)[C@H](OC(=O)OCc3ccccc3)C3=C(C)[C@@H](OC(=O)C[C@@H](NC(=O)OC(C)(C)C)c4cccs4)C[C@@](O)([C@@H](OC(=O)c4ccccc4)C12)C3(C)C. The number of fused-ring (bicyclic) bond motifs is 5. The Morgan fingerprint density at radius 2 is 1.39 bits per heavy atom. The van der Waals surface area contributed by atoms with E-state index in [-0.39, 0.29) is 43.0 Å². The lowest BCUT2D eigenvalue weighted by molar-refractivity contribution is -0.346. The van der Waals surface area contributed by atoms with E-state index in [0.717, 1.165) is 6.92 Å². The normalized spacial score (nSPS) is 27.7. The third-order valence-corrected chi connectivity index (χ3v) is 15.9. The first-order chi connectivity index (χ1) is 36.0. The highest BCUT2D eigenvalue weighted by Gasteiger charge is 2.79. The number of benzene rings is 3. The summed E-state index contributed by atoms with van der Waals surface area (Å²) >= 11 is 1.28. The molecule has 10 atom stereocenters. The molecule has 404 valence electrons. The Hall–Kier alpha value is -7.09. The van der Waals surface area contributed by atoms with Gasteiger partial charge in [0.1, 0.15) is 48.8 Å². The van der Waals surface area contributed by atoms with Crippen molar-refractivity contribution in [1.29, 1.82) is 0 Å². The Morgan fingerprint density at radius 1 is 0.803 bits per heavy atom. The molecule has 1 amide bonds. The number of nitrogens with one attached hydrogen (secondary N) is 1. The van der Waals surface area contributed by atoms with E-state index in [1.165, 1.54) is 30.4 Å². The molecule has 2 bridgehead atoms. The standard InChI is InChI=1S/C57H63NO17S/c1-33-39(70-43(60)27-38(40-25-18-26-76-40)58-50(63)75-53(3,4)5)29-57(66)48(73-49(62)37-23-16-11-17-24-37)46-55(8,47(61)45(44(33)54(57,6)7)72-52(65)68-31-36-21-14-10-15-22-36)41(28-42-56(46,32-69-42)74-34(2)59)71-51(64)67-30-35-19-12-9-13-20-35/h9-26,38-39,41-42,45-46,48,66H,27-32H2,1-8H3,(H,58,63)/t38-,39+,41+,42-,45-,46?,48+,55-,56+,57-/m1/s1. The lowest BCUT2D eigenvalue weighted by atomic mass is 9.44. The maximum Gasteiger partial charge on any atom is 0.509 e. The Labute approximate surface area is 444 Å². The molecule has 0 spiro atoms. The minimum atomic E-state index is -2.47. The minimum absolute atomic E-state index is 0.0419. The van der Waals surface area contributed by atoms with Gasteiger partial charge in [0, 0.05) is 30.1 Å². The van der Waals surface area contributed by atoms with Crippen LogP contribution in [-0.2, 0) is 70.2 Å². The number of carbonyl (C=O) groups excluding carboxylic acids is 7. The van der Waals surface area contributed by atoms with Crippen LogP contribution in [0.3, 0.4) is 0 Å². The summed E-state index contributed by atoms with van der Waals surface area (Å²) < 4.78 is 54.5. The van der Waals surface area contributed by atoms with Gasteiger partial charge in [-0.05, 0) is 80.5 Å². The van der Waals surface area contributed by atoms with Crippen LogP contribution in [-0.4, -0.2) is 101 Å². The van der Waals surface area contributed by atoms with Gasteiger partial charge in [0.05, 0.1) is 36.0 Å². The fourth-order valence-electron chi connectivity index (χ4n) is 11.3. The summed E-state index contributed by atoms with van der Waals surface area (Å²) in [4.78, 5) is 101. The minimum Gasteiger partial charge on any atom is -0.458 e. The van der Waals surface area contributed by atoms with Gasteiger partial charge in [-0.1, -0.05) is 98.8 Å². The van der Waals surface area contributed by atoms with Gasteiger partial charge in [-0.3, -0.25) is 14.4 Å². The fraction of sp³-hybridized carbons (Fsp3) is 0.456. The molecule has 1 aromatic heterocycles. The van der Waals surface area contributed by atoms with Crippen molar-refractivity contribution in [2.75, 3.05) is 6.61 Å². The number of esters is 3. The van der Waals surface area contributed by atoms with Crippen molar-refractivity contribution in [3.8, 4) is 0 Å². The second-order valence-electron chi connectivity index (χ2n) is 21.3. The van der Waals surface area contributed by atoms with E-state index in [9.17, 15) is 33.9 Å². The predicted octanol–water partition coefficient (Wildman–Crippen LogP) is 9.07. The number of ether oxygens (including phenoxy) is 9. The highest BCUT2D eigenvalue weighted by molar-refractivity contribution is 7.10. The molecule has 3 fully saturated rings. The summed E-state index contributed by atoms with van der Waals surface area (Å²) in [6.45, 7) is 11.5. The number of ketones is 1. The van der Waals surface area contributed by atoms with Crippen molar-refractivity contribution in [2.24, 2.45) is 16.7 Å². The van der Waals surface area contributed by atoms with Gasteiger partial charge in [0.15, 0.2) is 17.5 Å². The van der Waals surface area contributed by atoms with Crippen LogP contribution >= 0.6 is 11.3 Å². The number of carbonyl (C=O) groups is 7. The molecule has 2 N–H and O–H groups in total. The van der Waals surface area contributed by atoms with E-state index in [2.05, 4.69) is 5.32 Å². The molecule has 2 heterocycles. The van der Waals surface area contributed by atoms with Crippen molar-refractivity contribution in [2.45, 2.75) is 141 Å². The zero-order chi connectivity index (χ0) is 54.8. The van der Waals surface area contributed by atoms with E-state index >= 15 is 4.79 Å². The second kappa shape index (κ2) is 21.9. The molecule has 1 saturated heterocycles. The first kappa shape index (κ1) is 55.2. The summed E-state index contributed by atoms with van der Waals surface area (Å²) in [6, 6.07) is 27.8. The highest BCUT2D eigenvalue weighted by atomic mass is 32.1. The van der Waals surface area contributed by atoms with Crippen molar-refractivity contribution in [1.82, 2.24) is 5.32 Å². The van der Waals surface area contributed by atoms with Gasteiger partial charge in [0.25, 0.3) is 0 Å². The van der Waals surface area contributed by atoms with Gasteiger partial charge >= 0.3 is 36.3 Å². The van der Waals surface area contributed by atoms with E-state index < -0.39 is 125 Å². The van der Waals surface area contributed by atoms with Gasteiger partial charge < -0.3 is 53.1 Å². The second-order valence-corrected chi connectivity index (χ2v) is 22.3. The molecule has 19 heteroatoms. The molecule has 4 aliphatic rings. The van der Waals surface area contributed by atoms with Crippen molar-refractivity contribution in [3.63, 3.8) is 0 Å². The summed E-state index contributed by atoms with van der Waals surface area (Å²) in [7, 11) is 0. The van der Waals surface area contributed by atoms with E-state index in [0.29, 0.717) is 16.0 Å². The number of Topliss-reactive ketones (excluding diaryl/α,β-unsaturated/α-hetero) is 1. The third-order valence-electron chi connectivity index (χ3n) is 14.9. The summed E-state index contributed by atoms with van der Waals surface area (Å²) in [6.07, 6.45) is -12.7. The van der Waals surface area contributed by atoms with E-state index in [4.69, 9.17) is 42.6 Å². The lowest BCUT2D eigenvalue weighted by Crippen LogP contribution is -2.82. The Kier molecular flexibility index (Phi) is 15.9. The molecule has 4 aromatic rings. The lowest BCUT2D eigenvalue weighted by Gasteiger charge is -2.67. The Balaban J connectivity index is 1.29. The van der Waals surface area contributed by atoms with Crippen LogP contribution in [0.1, 0.15) is 107 Å². The number of hydrogen-bond acceptors (Lipinski definition) is 18. The van der Waals surface area contributed by atoms with Gasteiger partial charge in [0.2, 0.25) is 0 Å². The molecule has 2 saturated carbocycles. The zero-order valence-electron chi connectivity index (χ0n) is 43.6. The molecule has 18 nitrogen and oxygen atoms in total. The summed E-state index contributed by atoms with van der Waals surface area (Å²) in [5.41, 5.74) is -7.86. The first-order valence-electron chi connectivity index (χ1n) is 25.0. The van der Waals surface area contributed by atoms with E-state index in [1.807, 2.05) is 0 Å². The average molecular weight is 1070 g/mol. The molecule has 1 aliphatic heterocycles. The maximum atomic E-state index is 16.5. The highest BCUT2D eigenvalue weighted by Crippen LogP contribution is 2.65. The van der Waals surface area contributed by atoms with Crippen LogP contribution in [0.4, 0.5) is 14.4 Å². The van der Waals surface area contributed by atoms with Crippen LogP contribution in [0.15, 0.2) is 120 Å². The summed E-state index contributed by atoms with van der Waals surface area (Å²) in [5.74, 6) is -5.28. The number of aliphatic hydroxyl groups is 1. The molecule has 76 heavy (non-hydrogen) atoms. The Morgan fingerprint density at radius 3 is 1.93 bits per heavy atom. The molecule has 3 aliphatic carbocycles. The van der Waals surface area contributed by atoms with Gasteiger partial charge in [-0.2, -0.15) is 0 Å². The molecule has 3 aromatic carbocycles. The molecular weight excluding hydrogens is 1000 g/mol. The number of thiophene rings is 1. The number of amides is 1.